The molecule has 0 spiro atoms. The van der Waals surface area contributed by atoms with Gasteiger partial charge in [-0.3, -0.25) is 4.79 Å². The molecule has 3 N–H and O–H groups in total. The molecule has 0 bridgehead atoms. The highest BCUT2D eigenvalue weighted by Crippen LogP contribution is 2.19. The molecule has 1 heterocycles. The van der Waals surface area contributed by atoms with E-state index in [4.69, 9.17) is 0 Å². The van der Waals surface area contributed by atoms with Crippen molar-refractivity contribution >= 4 is 5.91 Å². The number of aliphatic hydroxyl groups is 1. The lowest BCUT2D eigenvalue weighted by Crippen LogP contribution is -2.50. The molecule has 0 saturated carbocycles. The average molecular weight is 270 g/mol. The van der Waals surface area contributed by atoms with Crippen LogP contribution in [-0.4, -0.2) is 36.2 Å². The third kappa shape index (κ3) is 5.11. The van der Waals surface area contributed by atoms with E-state index in [1.165, 1.54) is 0 Å². The van der Waals surface area contributed by atoms with Crippen molar-refractivity contribution < 1.29 is 9.90 Å². The van der Waals surface area contributed by atoms with Crippen LogP contribution in [0.15, 0.2) is 0 Å². The van der Waals surface area contributed by atoms with Crippen molar-refractivity contribution in [1.82, 2.24) is 10.6 Å². The summed E-state index contributed by atoms with van der Waals surface area (Å²) in [5, 5.41) is 16.2. The smallest absolute Gasteiger partial charge is 0.237 e. The first-order chi connectivity index (χ1) is 9.12. The van der Waals surface area contributed by atoms with Crippen LogP contribution < -0.4 is 10.6 Å². The van der Waals surface area contributed by atoms with Gasteiger partial charge in [0.15, 0.2) is 0 Å². The summed E-state index contributed by atoms with van der Waals surface area (Å²) in [7, 11) is 0. The van der Waals surface area contributed by atoms with Crippen LogP contribution in [0.3, 0.4) is 0 Å². The van der Waals surface area contributed by atoms with Crippen molar-refractivity contribution in [1.29, 1.82) is 0 Å². The van der Waals surface area contributed by atoms with E-state index in [0.717, 1.165) is 38.6 Å². The molecule has 0 aromatic rings. The van der Waals surface area contributed by atoms with Gasteiger partial charge in [0.1, 0.15) is 0 Å². The minimum absolute atomic E-state index is 0.0446. The standard InChI is InChI=1S/C15H30N2O2/c1-4-11-7-8-16-13(9-11)15(19)17-10-14(18)12(5-2)6-3/h11-14,16,18H,4-10H2,1-3H3,(H,17,19). The molecule has 3 atom stereocenters. The molecule has 0 aromatic heterocycles. The van der Waals surface area contributed by atoms with Gasteiger partial charge in [0.2, 0.25) is 5.91 Å². The summed E-state index contributed by atoms with van der Waals surface area (Å²) < 4.78 is 0. The normalized spacial score (nSPS) is 25.3. The summed E-state index contributed by atoms with van der Waals surface area (Å²) in [5.74, 6) is 0.979. The highest BCUT2D eigenvalue weighted by Gasteiger charge is 2.26. The number of hydrogen-bond acceptors (Lipinski definition) is 3. The molecule has 0 aromatic carbocycles. The maximum Gasteiger partial charge on any atom is 0.237 e. The number of nitrogens with one attached hydrogen (secondary N) is 2. The Morgan fingerprint density at radius 3 is 2.63 bits per heavy atom. The van der Waals surface area contributed by atoms with Gasteiger partial charge in [0.05, 0.1) is 12.1 Å². The monoisotopic (exact) mass is 270 g/mol. The van der Waals surface area contributed by atoms with Crippen LogP contribution in [0.25, 0.3) is 0 Å². The third-order valence-corrected chi connectivity index (χ3v) is 4.48. The summed E-state index contributed by atoms with van der Waals surface area (Å²) >= 11 is 0. The van der Waals surface area contributed by atoms with Crippen LogP contribution in [0.1, 0.15) is 52.9 Å². The summed E-state index contributed by atoms with van der Waals surface area (Å²) in [6.07, 6.45) is 4.70. The van der Waals surface area contributed by atoms with Gasteiger partial charge in [0, 0.05) is 6.54 Å². The first-order valence-electron chi connectivity index (χ1n) is 7.81. The van der Waals surface area contributed by atoms with Crippen molar-refractivity contribution in [3.05, 3.63) is 0 Å². The lowest BCUT2D eigenvalue weighted by Gasteiger charge is -2.29. The predicted molar refractivity (Wildman–Crippen MR) is 77.9 cm³/mol. The lowest BCUT2D eigenvalue weighted by molar-refractivity contribution is -0.124. The van der Waals surface area contributed by atoms with E-state index in [1.807, 2.05) is 0 Å². The minimum atomic E-state index is -0.426. The lowest BCUT2D eigenvalue weighted by atomic mass is 9.90. The molecule has 19 heavy (non-hydrogen) atoms. The van der Waals surface area contributed by atoms with E-state index >= 15 is 0 Å². The Balaban J connectivity index is 2.34. The first-order valence-corrected chi connectivity index (χ1v) is 7.81. The fraction of sp³-hybridized carbons (Fsp3) is 0.933. The highest BCUT2D eigenvalue weighted by molar-refractivity contribution is 5.81. The van der Waals surface area contributed by atoms with Crippen LogP contribution in [0.4, 0.5) is 0 Å². The number of carbonyl (C=O) groups excluding carboxylic acids is 1. The number of aliphatic hydroxyl groups excluding tert-OH is 1. The summed E-state index contributed by atoms with van der Waals surface area (Å²) in [6.45, 7) is 7.63. The van der Waals surface area contributed by atoms with Crippen LogP contribution >= 0.6 is 0 Å². The van der Waals surface area contributed by atoms with Crippen molar-refractivity contribution in [2.45, 2.75) is 65.0 Å². The van der Waals surface area contributed by atoms with Gasteiger partial charge >= 0.3 is 0 Å². The largest absolute Gasteiger partial charge is 0.391 e. The zero-order valence-electron chi connectivity index (χ0n) is 12.6. The van der Waals surface area contributed by atoms with Gasteiger partial charge in [-0.1, -0.05) is 40.0 Å². The third-order valence-electron chi connectivity index (χ3n) is 4.48. The Morgan fingerprint density at radius 2 is 2.05 bits per heavy atom. The van der Waals surface area contributed by atoms with Crippen LogP contribution in [0, 0.1) is 11.8 Å². The first kappa shape index (κ1) is 16.4. The van der Waals surface area contributed by atoms with E-state index in [2.05, 4.69) is 31.4 Å². The van der Waals surface area contributed by atoms with Crippen molar-refractivity contribution in [3.8, 4) is 0 Å². The van der Waals surface area contributed by atoms with Crippen molar-refractivity contribution in [3.63, 3.8) is 0 Å². The summed E-state index contributed by atoms with van der Waals surface area (Å²) in [4.78, 5) is 12.1. The zero-order chi connectivity index (χ0) is 14.3. The van der Waals surface area contributed by atoms with E-state index < -0.39 is 6.10 Å². The van der Waals surface area contributed by atoms with E-state index in [0.29, 0.717) is 12.5 Å². The van der Waals surface area contributed by atoms with Crippen molar-refractivity contribution in [2.75, 3.05) is 13.1 Å². The second kappa shape index (κ2) is 8.54. The van der Waals surface area contributed by atoms with Gasteiger partial charge < -0.3 is 15.7 Å². The molecular weight excluding hydrogens is 240 g/mol. The second-order valence-electron chi connectivity index (χ2n) is 5.69. The molecule has 1 amide bonds. The quantitative estimate of drug-likeness (QED) is 0.659. The molecule has 1 rings (SSSR count). The Bertz CT molecular complexity index is 267. The molecular formula is C15H30N2O2. The van der Waals surface area contributed by atoms with Crippen LogP contribution in [0.2, 0.25) is 0 Å². The fourth-order valence-corrected chi connectivity index (χ4v) is 2.89. The summed E-state index contributed by atoms with van der Waals surface area (Å²) in [5.41, 5.74) is 0. The van der Waals surface area contributed by atoms with Gasteiger partial charge in [-0.25, -0.2) is 0 Å². The van der Waals surface area contributed by atoms with Crippen LogP contribution in [0.5, 0.6) is 0 Å². The van der Waals surface area contributed by atoms with Crippen molar-refractivity contribution in [2.24, 2.45) is 11.8 Å². The maximum atomic E-state index is 12.1. The topological polar surface area (TPSA) is 61.4 Å². The maximum absolute atomic E-state index is 12.1. The fourth-order valence-electron chi connectivity index (χ4n) is 2.89. The zero-order valence-corrected chi connectivity index (χ0v) is 12.6. The van der Waals surface area contributed by atoms with Gasteiger partial charge in [0.25, 0.3) is 0 Å². The minimum Gasteiger partial charge on any atom is -0.391 e. The Kier molecular flexibility index (Phi) is 7.39. The molecule has 0 aliphatic carbocycles. The van der Waals surface area contributed by atoms with E-state index in [-0.39, 0.29) is 17.9 Å². The van der Waals surface area contributed by atoms with Gasteiger partial charge in [-0.15, -0.1) is 0 Å². The molecule has 0 radical (unpaired) electrons. The average Bonchev–Trinajstić information content (AvgIpc) is 2.46. The number of carbonyl (C=O) groups is 1. The number of piperidine rings is 1. The van der Waals surface area contributed by atoms with E-state index in [1.54, 1.807) is 0 Å². The van der Waals surface area contributed by atoms with Crippen LogP contribution in [-0.2, 0) is 4.79 Å². The molecule has 4 heteroatoms. The molecule has 4 nitrogen and oxygen atoms in total. The predicted octanol–water partition coefficient (Wildman–Crippen LogP) is 1.68. The molecule has 1 saturated heterocycles. The highest BCUT2D eigenvalue weighted by atomic mass is 16.3. The molecule has 3 unspecified atom stereocenters. The SMILES string of the molecule is CCC1CCNC(C(=O)NCC(O)C(CC)CC)C1. The Hall–Kier alpha value is -0.610. The van der Waals surface area contributed by atoms with Gasteiger partial charge in [-0.05, 0) is 31.2 Å². The summed E-state index contributed by atoms with van der Waals surface area (Å²) in [6, 6.07) is -0.0763. The number of amides is 1. The number of rotatable bonds is 7. The molecule has 1 fully saturated rings. The van der Waals surface area contributed by atoms with Gasteiger partial charge in [-0.2, -0.15) is 0 Å². The Morgan fingerprint density at radius 1 is 1.37 bits per heavy atom. The molecule has 1 aliphatic heterocycles. The van der Waals surface area contributed by atoms with E-state index in [9.17, 15) is 9.90 Å². The second-order valence-corrected chi connectivity index (χ2v) is 5.69. The number of hydrogen-bond donors (Lipinski definition) is 3. The molecule has 1 aliphatic rings. The molecule has 112 valence electrons. The Labute approximate surface area is 117 Å².